The fourth-order valence-electron chi connectivity index (χ4n) is 0.144. The van der Waals surface area contributed by atoms with Gasteiger partial charge in [0.25, 0.3) is 0 Å². The van der Waals surface area contributed by atoms with Crippen molar-refractivity contribution in [3.63, 3.8) is 0 Å². The van der Waals surface area contributed by atoms with Crippen molar-refractivity contribution in [3.05, 3.63) is 0 Å². The fraction of sp³-hybridized carbons (Fsp3) is 1.00. The Bertz CT molecular complexity index is 61.0. The second-order valence-corrected chi connectivity index (χ2v) is 2.56. The predicted molar refractivity (Wildman–Crippen MR) is 25.5 cm³/mol. The topological polar surface area (TPSA) is 115 Å². The van der Waals surface area contributed by atoms with Crippen LogP contribution in [0.4, 0.5) is 0 Å². The van der Waals surface area contributed by atoms with Gasteiger partial charge in [0, 0.05) is 0 Å². The molecule has 0 amide bonds. The molecule has 0 aromatic heterocycles. The summed E-state index contributed by atoms with van der Waals surface area (Å²) in [5.41, 5.74) is 0. The molecule has 0 fully saturated rings. The van der Waals surface area contributed by atoms with Crippen molar-refractivity contribution in [1.29, 1.82) is 0 Å². The van der Waals surface area contributed by atoms with Crippen molar-refractivity contribution >= 4 is 9.05 Å². The minimum absolute atomic E-state index is 0. The maximum absolute atomic E-state index is 9.53. The normalized spacial score (nSPS) is 8.50. The van der Waals surface area contributed by atoms with Crippen LogP contribution in [0.3, 0.4) is 0 Å². The number of unbranched alkanes of at least 4 members (excludes halogenated alkanes) is 1. The number of rotatable bonds is 2. The van der Waals surface area contributed by atoms with Crippen LogP contribution in [0.1, 0.15) is 19.8 Å². The molecule has 0 bridgehead atoms. The van der Waals surface area contributed by atoms with Gasteiger partial charge in [-0.3, -0.25) is 0 Å². The third-order valence-electron chi connectivity index (χ3n) is 0.498. The first kappa shape index (κ1) is 23.3. The van der Waals surface area contributed by atoms with Crippen molar-refractivity contribution < 1.29 is 67.7 Å². The zero-order chi connectivity index (χ0) is 8.62. The maximum Gasteiger partial charge on any atom is 4.00 e. The molecule has 64 valence electrons. The third kappa shape index (κ3) is 105. The fourth-order valence-corrected chi connectivity index (χ4v) is 0.144. The van der Waals surface area contributed by atoms with E-state index in [1.165, 1.54) is 0 Å². The van der Waals surface area contributed by atoms with E-state index in [0.717, 1.165) is 12.8 Å². The molecule has 0 N–H and O–H groups in total. The molecule has 12 heavy (non-hydrogen) atoms. The number of hydrogen-bond donors (Lipinski definition) is 0. The van der Waals surface area contributed by atoms with Crippen LogP contribution >= 0.6 is 0 Å². The van der Waals surface area contributed by atoms with E-state index in [1.54, 1.807) is 0 Å². The molecule has 0 heterocycles. The van der Waals surface area contributed by atoms with Crippen LogP contribution in [-0.4, -0.2) is 15.7 Å². The van der Waals surface area contributed by atoms with Gasteiger partial charge in [-0.15, -0.1) is 6.61 Å². The van der Waals surface area contributed by atoms with Gasteiger partial charge in [-0.1, -0.05) is 19.8 Å². The van der Waals surface area contributed by atoms with Gasteiger partial charge in [-0.05, 0) is 0 Å². The summed E-state index contributed by atoms with van der Waals surface area (Å²) in [5, 5.41) is 9.53. The Labute approximate surface area is 103 Å². The van der Waals surface area contributed by atoms with Crippen LogP contribution in [0.2, 0.25) is 0 Å². The van der Waals surface area contributed by atoms with Gasteiger partial charge < -0.3 is 33.3 Å². The Morgan fingerprint density at radius 3 is 1.25 bits per heavy atom. The quantitative estimate of drug-likeness (QED) is 0.461. The van der Waals surface area contributed by atoms with Gasteiger partial charge in [-0.2, -0.15) is 0 Å². The summed E-state index contributed by atoms with van der Waals surface area (Å²) in [6, 6.07) is 0. The monoisotopic (exact) mass is 261 g/mol. The molecule has 0 aliphatic carbocycles. The summed E-state index contributed by atoms with van der Waals surface area (Å²) in [5.74, 6) is 0. The summed E-state index contributed by atoms with van der Waals surface area (Å²) >= 11 is 0. The van der Waals surface area contributed by atoms with E-state index >= 15 is 0 Å². The van der Waals surface area contributed by atoms with E-state index in [9.17, 15) is 5.11 Å². The minimum Gasteiger partial charge on any atom is -0.894 e. The Morgan fingerprint density at radius 1 is 1.00 bits per heavy atom. The molecule has 0 radical (unpaired) electrons. The van der Waals surface area contributed by atoms with Crippen molar-refractivity contribution in [2.24, 2.45) is 0 Å². The zero-order valence-corrected chi connectivity index (χ0v) is 10.8. The van der Waals surface area contributed by atoms with Crippen LogP contribution < -0.4 is 24.3 Å². The van der Waals surface area contributed by atoms with Crippen LogP contribution in [0.5, 0.6) is 0 Å². The second-order valence-electron chi connectivity index (χ2n) is 1.56. The molecule has 0 aromatic carbocycles. The van der Waals surface area contributed by atoms with Gasteiger partial charge in [0.2, 0.25) is 0 Å². The SMILES string of the molecule is CCCC[O-].[O-][Si]([O-])([O-])[O-].[Ti+4].[Ti+4]. The van der Waals surface area contributed by atoms with E-state index < -0.39 is 9.05 Å². The molecule has 0 saturated carbocycles. The summed E-state index contributed by atoms with van der Waals surface area (Å²) in [4.78, 5) is 34.3. The van der Waals surface area contributed by atoms with Crippen LogP contribution in [0.15, 0.2) is 0 Å². The van der Waals surface area contributed by atoms with Gasteiger partial charge >= 0.3 is 43.4 Å². The first-order valence-corrected chi connectivity index (χ1v) is 4.45. The van der Waals surface area contributed by atoms with Crippen LogP contribution in [-0.2, 0) is 43.4 Å². The largest absolute Gasteiger partial charge is 4.00 e. The molecule has 0 aromatic rings. The Kier molecular flexibility index (Phi) is 29.1. The Hall–Kier alpha value is 1.45. The molecule has 0 spiro atoms. The smallest absolute Gasteiger partial charge is 0.894 e. The first-order valence-electron chi connectivity index (χ1n) is 2.81. The molecule has 0 rings (SSSR count). The molecule has 5 nitrogen and oxygen atoms in total. The summed E-state index contributed by atoms with van der Waals surface area (Å²) in [7, 11) is -5.61. The molecule has 0 aliphatic rings. The molecular formula is C4H9O5SiTi2+3. The minimum atomic E-state index is -5.61. The standard InChI is InChI=1S/C4H9O.O4Si.2Ti/c1-2-3-4-5;1-5(2,3)4;;/h2-4H2,1H3;;;/q-1;-4;2*+4. The zero-order valence-electron chi connectivity index (χ0n) is 6.66. The summed E-state index contributed by atoms with van der Waals surface area (Å²) in [6.45, 7) is 2.11. The van der Waals surface area contributed by atoms with Crippen LogP contribution in [0.25, 0.3) is 0 Å². The summed E-state index contributed by atoms with van der Waals surface area (Å²) in [6.07, 6.45) is 1.86. The van der Waals surface area contributed by atoms with E-state index in [-0.39, 0.29) is 50.0 Å². The van der Waals surface area contributed by atoms with E-state index in [2.05, 4.69) is 0 Å². The van der Waals surface area contributed by atoms with Crippen molar-refractivity contribution in [2.75, 3.05) is 6.61 Å². The summed E-state index contributed by atoms with van der Waals surface area (Å²) < 4.78 is 0. The molecule has 8 heteroatoms. The average molecular weight is 261 g/mol. The molecule has 0 saturated heterocycles. The predicted octanol–water partition coefficient (Wildman–Crippen LogP) is -4.99. The van der Waals surface area contributed by atoms with Gasteiger partial charge in [0.05, 0.1) is 0 Å². The van der Waals surface area contributed by atoms with Gasteiger partial charge in [0.1, 0.15) is 0 Å². The van der Waals surface area contributed by atoms with Crippen molar-refractivity contribution in [3.8, 4) is 0 Å². The first-order chi connectivity index (χ1) is 4.41. The maximum atomic E-state index is 9.53. The molecule has 0 unspecified atom stereocenters. The molecular weight excluding hydrogens is 252 g/mol. The van der Waals surface area contributed by atoms with E-state index in [0.29, 0.717) is 0 Å². The van der Waals surface area contributed by atoms with Gasteiger partial charge in [-0.25, -0.2) is 0 Å². The van der Waals surface area contributed by atoms with E-state index in [1.807, 2.05) is 6.92 Å². The van der Waals surface area contributed by atoms with E-state index in [4.69, 9.17) is 19.2 Å². The number of hydrogen-bond acceptors (Lipinski definition) is 5. The Morgan fingerprint density at radius 2 is 1.25 bits per heavy atom. The van der Waals surface area contributed by atoms with Crippen LogP contribution in [0, 0.1) is 0 Å². The van der Waals surface area contributed by atoms with Gasteiger partial charge in [0.15, 0.2) is 0 Å². The second kappa shape index (κ2) is 14.9. The molecule has 0 aliphatic heterocycles. The van der Waals surface area contributed by atoms with Crippen molar-refractivity contribution in [2.45, 2.75) is 19.8 Å². The third-order valence-corrected chi connectivity index (χ3v) is 0.498. The molecule has 0 atom stereocenters. The average Bonchev–Trinajstić information content (AvgIpc) is 1.63. The Balaban J connectivity index is -0.0000000457. The van der Waals surface area contributed by atoms with Crippen molar-refractivity contribution in [1.82, 2.24) is 0 Å².